The van der Waals surface area contributed by atoms with E-state index in [0.29, 0.717) is 23.1 Å². The summed E-state index contributed by atoms with van der Waals surface area (Å²) in [5.74, 6) is -2.62. The highest BCUT2D eigenvalue weighted by molar-refractivity contribution is 5.67. The minimum absolute atomic E-state index is 0.0641. The number of fused-ring (bicyclic) bond motifs is 4. The van der Waals surface area contributed by atoms with Crippen molar-refractivity contribution in [2.75, 3.05) is 6.61 Å². The van der Waals surface area contributed by atoms with Crippen molar-refractivity contribution >= 4 is 17.9 Å². The van der Waals surface area contributed by atoms with Crippen molar-refractivity contribution in [2.24, 2.45) is 22.7 Å². The SMILES string of the molecule is CC(=O)OC[C@@]1(C)C2C[C@H](OC(C)=O)[C@@]3(C)Oc4cc(-c5ccc[n+]([O-])c5)oc(=O)c4[C@H](O)C3[C@@]2(C)CC[C@@H]1OC(C)=O. The highest BCUT2D eigenvalue weighted by atomic mass is 16.6. The van der Waals surface area contributed by atoms with Crippen LogP contribution in [0, 0.1) is 27.9 Å². The molecule has 12 heteroatoms. The van der Waals surface area contributed by atoms with Crippen molar-refractivity contribution in [3.05, 3.63) is 51.8 Å². The Morgan fingerprint density at radius 2 is 1.77 bits per heavy atom. The van der Waals surface area contributed by atoms with E-state index in [1.54, 1.807) is 13.0 Å². The van der Waals surface area contributed by atoms with Gasteiger partial charge in [0, 0.05) is 44.2 Å². The molecule has 0 radical (unpaired) electrons. The Morgan fingerprint density at radius 1 is 1.09 bits per heavy atom. The zero-order valence-corrected chi connectivity index (χ0v) is 25.1. The fourth-order valence-electron chi connectivity index (χ4n) is 8.13. The molecule has 0 amide bonds. The van der Waals surface area contributed by atoms with Gasteiger partial charge in [-0.2, -0.15) is 4.73 Å². The van der Waals surface area contributed by atoms with Crippen molar-refractivity contribution < 1.29 is 47.6 Å². The number of pyridine rings is 1. The van der Waals surface area contributed by atoms with Crippen LogP contribution in [-0.2, 0) is 28.6 Å². The molecule has 12 nitrogen and oxygen atoms in total. The summed E-state index contributed by atoms with van der Waals surface area (Å²) in [6, 6.07) is 4.56. The average Bonchev–Trinajstić information content (AvgIpc) is 2.89. The predicted octanol–water partition coefficient (Wildman–Crippen LogP) is 2.99. The molecule has 232 valence electrons. The number of hydrogen-bond donors (Lipinski definition) is 1. The first-order chi connectivity index (χ1) is 20.1. The number of nitrogens with zero attached hydrogens (tertiary/aromatic N) is 1. The molecule has 2 unspecified atom stereocenters. The van der Waals surface area contributed by atoms with E-state index in [1.165, 1.54) is 45.3 Å². The maximum atomic E-state index is 13.4. The molecule has 0 aromatic carbocycles. The van der Waals surface area contributed by atoms with E-state index in [0.717, 1.165) is 0 Å². The Hall–Kier alpha value is -3.93. The van der Waals surface area contributed by atoms with Gasteiger partial charge in [-0.25, -0.2) is 4.79 Å². The van der Waals surface area contributed by atoms with E-state index in [4.69, 9.17) is 23.4 Å². The number of aliphatic hydroxyl groups is 1. The summed E-state index contributed by atoms with van der Waals surface area (Å²) in [6.45, 7) is 9.41. The third kappa shape index (κ3) is 5.05. The molecule has 0 bridgehead atoms. The van der Waals surface area contributed by atoms with Gasteiger partial charge < -0.3 is 33.7 Å². The minimum Gasteiger partial charge on any atom is -0.619 e. The van der Waals surface area contributed by atoms with Crippen LogP contribution in [0.4, 0.5) is 0 Å². The summed E-state index contributed by atoms with van der Waals surface area (Å²) in [7, 11) is 0. The van der Waals surface area contributed by atoms with Crippen molar-refractivity contribution in [2.45, 2.75) is 84.7 Å². The van der Waals surface area contributed by atoms with Gasteiger partial charge in [0.15, 0.2) is 12.4 Å². The first kappa shape index (κ1) is 30.5. The van der Waals surface area contributed by atoms with Gasteiger partial charge in [-0.05, 0) is 43.6 Å². The lowest BCUT2D eigenvalue weighted by molar-refractivity contribution is -0.604. The van der Waals surface area contributed by atoms with Gasteiger partial charge in [0.05, 0.1) is 11.7 Å². The van der Waals surface area contributed by atoms with Crippen LogP contribution >= 0.6 is 0 Å². The molecule has 1 aliphatic heterocycles. The van der Waals surface area contributed by atoms with Gasteiger partial charge in [-0.1, -0.05) is 13.8 Å². The zero-order chi connectivity index (χ0) is 31.5. The second-order valence-corrected chi connectivity index (χ2v) is 12.7. The molecular formula is C31H37NO11. The van der Waals surface area contributed by atoms with E-state index in [-0.39, 0.29) is 30.1 Å². The highest BCUT2D eigenvalue weighted by Crippen LogP contribution is 2.67. The summed E-state index contributed by atoms with van der Waals surface area (Å²) in [6.07, 6.45) is 0.711. The summed E-state index contributed by atoms with van der Waals surface area (Å²) in [5, 5.41) is 23.9. The summed E-state index contributed by atoms with van der Waals surface area (Å²) < 4.78 is 29.9. The van der Waals surface area contributed by atoms with Crippen LogP contribution in [0.1, 0.15) is 72.5 Å². The van der Waals surface area contributed by atoms with Gasteiger partial charge in [-0.15, -0.1) is 0 Å². The number of esters is 3. The number of carbonyl (C=O) groups is 3. The van der Waals surface area contributed by atoms with Gasteiger partial charge in [0.25, 0.3) is 0 Å². The standard InChI is InChI=1S/C31H37NO11/c1-16(33)39-15-30(5)22-13-24(41-18(3)35)31(6)27(29(22,4)10-9-23(30)40-17(2)34)26(36)25-21(43-31)12-20(42-28(25)37)19-8-7-11-32(38)14-19/h7-8,11-12,14,22-24,26-27,36H,9-10,13,15H2,1-6H3/t22?,23-,24-,26-,27?,29-,30-,31+/m0/s1. The van der Waals surface area contributed by atoms with Gasteiger partial charge in [-0.3, -0.25) is 14.4 Å². The van der Waals surface area contributed by atoms with Gasteiger partial charge >= 0.3 is 23.5 Å². The molecule has 2 aromatic heterocycles. The molecule has 5 rings (SSSR count). The minimum atomic E-state index is -1.40. The largest absolute Gasteiger partial charge is 0.619 e. The lowest BCUT2D eigenvalue weighted by atomic mass is 9.42. The van der Waals surface area contributed by atoms with E-state index in [9.17, 15) is 29.5 Å². The topological polar surface area (TPSA) is 166 Å². The number of hydrogen-bond acceptors (Lipinski definition) is 11. The number of rotatable bonds is 5. The number of ether oxygens (including phenoxy) is 4. The molecule has 1 N–H and O–H groups in total. The second-order valence-electron chi connectivity index (χ2n) is 12.7. The van der Waals surface area contributed by atoms with Crippen molar-refractivity contribution in [3.63, 3.8) is 0 Å². The molecule has 3 heterocycles. The van der Waals surface area contributed by atoms with Crippen LogP contribution in [0.3, 0.4) is 0 Å². The molecule has 0 spiro atoms. The van der Waals surface area contributed by atoms with E-state index >= 15 is 0 Å². The van der Waals surface area contributed by atoms with Crippen LogP contribution in [-0.4, -0.2) is 47.4 Å². The molecule has 8 atom stereocenters. The molecular weight excluding hydrogens is 562 g/mol. The Kier molecular flexibility index (Phi) is 7.56. The van der Waals surface area contributed by atoms with Crippen LogP contribution in [0.2, 0.25) is 0 Å². The smallest absolute Gasteiger partial charge is 0.345 e. The van der Waals surface area contributed by atoms with Crippen LogP contribution < -0.4 is 15.1 Å². The van der Waals surface area contributed by atoms with E-state index in [1.807, 2.05) is 13.8 Å². The van der Waals surface area contributed by atoms with Crippen LogP contribution in [0.5, 0.6) is 5.75 Å². The first-order valence-electron chi connectivity index (χ1n) is 14.3. The molecule has 3 aliphatic rings. The van der Waals surface area contributed by atoms with Crippen molar-refractivity contribution in [1.29, 1.82) is 0 Å². The highest BCUT2D eigenvalue weighted by Gasteiger charge is 2.70. The molecule has 2 aromatic rings. The molecule has 0 saturated heterocycles. The van der Waals surface area contributed by atoms with E-state index < -0.39 is 70.1 Å². The second kappa shape index (κ2) is 10.7. The van der Waals surface area contributed by atoms with Gasteiger partial charge in [0.2, 0.25) is 0 Å². The summed E-state index contributed by atoms with van der Waals surface area (Å²) in [5.41, 5.74) is -3.58. The average molecular weight is 600 g/mol. The normalized spacial score (nSPS) is 34.4. The van der Waals surface area contributed by atoms with Crippen LogP contribution in [0.25, 0.3) is 11.3 Å². The third-order valence-corrected chi connectivity index (χ3v) is 9.84. The Bertz CT molecular complexity index is 1520. The lowest BCUT2D eigenvalue weighted by Crippen LogP contribution is -2.71. The first-order valence-corrected chi connectivity index (χ1v) is 14.3. The summed E-state index contributed by atoms with van der Waals surface area (Å²) in [4.78, 5) is 49.9. The monoisotopic (exact) mass is 599 g/mol. The summed E-state index contributed by atoms with van der Waals surface area (Å²) >= 11 is 0. The van der Waals surface area contributed by atoms with E-state index in [2.05, 4.69) is 0 Å². The molecule has 2 saturated carbocycles. The number of carbonyl (C=O) groups excluding carboxylic acids is 3. The fraction of sp³-hybridized carbons (Fsp3) is 0.581. The number of aromatic nitrogens is 1. The molecule has 2 aliphatic carbocycles. The molecule has 2 fully saturated rings. The Balaban J connectivity index is 1.66. The quantitative estimate of drug-likeness (QED) is 0.232. The van der Waals surface area contributed by atoms with Crippen molar-refractivity contribution in [1.82, 2.24) is 0 Å². The Morgan fingerprint density at radius 3 is 2.40 bits per heavy atom. The zero-order valence-electron chi connectivity index (χ0n) is 25.1. The fourth-order valence-corrected chi connectivity index (χ4v) is 8.13. The number of aliphatic hydroxyl groups excluding tert-OH is 1. The Labute approximate surface area is 248 Å². The third-order valence-electron chi connectivity index (χ3n) is 9.84. The predicted molar refractivity (Wildman–Crippen MR) is 148 cm³/mol. The van der Waals surface area contributed by atoms with Crippen molar-refractivity contribution in [3.8, 4) is 17.1 Å². The van der Waals surface area contributed by atoms with Crippen LogP contribution in [0.15, 0.2) is 39.8 Å². The maximum Gasteiger partial charge on any atom is 0.345 e. The lowest BCUT2D eigenvalue weighted by Gasteiger charge is -2.66. The molecule has 43 heavy (non-hydrogen) atoms. The van der Waals surface area contributed by atoms with Gasteiger partial charge in [0.1, 0.15) is 41.5 Å². The maximum absolute atomic E-state index is 13.4.